The minimum Gasteiger partial charge on any atom is -0.340 e. The molecule has 5 nitrogen and oxygen atoms in total. The number of halogens is 1. The first-order chi connectivity index (χ1) is 10.3. The topological polar surface area (TPSA) is 57.7 Å². The van der Waals surface area contributed by atoms with Crippen LogP contribution in [-0.4, -0.2) is 49.7 Å². The Morgan fingerprint density at radius 2 is 1.86 bits per heavy atom. The Morgan fingerprint density at radius 1 is 1.23 bits per heavy atom. The maximum absolute atomic E-state index is 13.2. The third-order valence-electron chi connectivity index (χ3n) is 3.61. The van der Waals surface area contributed by atoms with Crippen LogP contribution in [0, 0.1) is 11.7 Å². The lowest BCUT2D eigenvalue weighted by Gasteiger charge is -2.34. The highest BCUT2D eigenvalue weighted by Crippen LogP contribution is 2.19. The molecule has 0 N–H and O–H groups in total. The molecule has 0 aliphatic carbocycles. The predicted molar refractivity (Wildman–Crippen MR) is 81.2 cm³/mol. The summed E-state index contributed by atoms with van der Waals surface area (Å²) in [7, 11) is -3.70. The van der Waals surface area contributed by atoms with Gasteiger partial charge in [0.25, 0.3) is 0 Å². The fourth-order valence-electron chi connectivity index (χ4n) is 2.43. The molecule has 122 valence electrons. The fraction of sp³-hybridized carbons (Fsp3) is 0.533. The van der Waals surface area contributed by atoms with Gasteiger partial charge in [0.15, 0.2) is 0 Å². The number of rotatable bonds is 4. The lowest BCUT2D eigenvalue weighted by atomic mass is 10.1. The normalized spacial score (nSPS) is 17.0. The van der Waals surface area contributed by atoms with Gasteiger partial charge in [-0.3, -0.25) is 4.79 Å². The molecule has 1 amide bonds. The van der Waals surface area contributed by atoms with Crippen LogP contribution < -0.4 is 0 Å². The second kappa shape index (κ2) is 6.75. The molecule has 1 aromatic carbocycles. The van der Waals surface area contributed by atoms with Crippen molar-refractivity contribution in [1.82, 2.24) is 9.21 Å². The van der Waals surface area contributed by atoms with Crippen molar-refractivity contribution in [3.8, 4) is 0 Å². The zero-order valence-electron chi connectivity index (χ0n) is 12.8. The van der Waals surface area contributed by atoms with Gasteiger partial charge in [0, 0.05) is 32.6 Å². The molecule has 1 aliphatic rings. The molecule has 0 atom stereocenters. The number of hydrogen-bond donors (Lipinski definition) is 0. The Kier molecular flexibility index (Phi) is 5.18. The van der Waals surface area contributed by atoms with E-state index < -0.39 is 15.8 Å². The Labute approximate surface area is 130 Å². The van der Waals surface area contributed by atoms with E-state index in [1.807, 2.05) is 13.8 Å². The zero-order valence-corrected chi connectivity index (χ0v) is 13.6. The fourth-order valence-corrected chi connectivity index (χ4v) is 3.89. The average Bonchev–Trinajstić information content (AvgIpc) is 2.46. The van der Waals surface area contributed by atoms with Crippen LogP contribution in [0.3, 0.4) is 0 Å². The second-order valence-corrected chi connectivity index (χ2v) is 7.78. The van der Waals surface area contributed by atoms with Crippen molar-refractivity contribution in [2.75, 3.05) is 26.2 Å². The summed E-state index contributed by atoms with van der Waals surface area (Å²) in [5.41, 5.74) is 0. The molecule has 0 radical (unpaired) electrons. The van der Waals surface area contributed by atoms with Crippen LogP contribution >= 0.6 is 0 Å². The first-order valence-electron chi connectivity index (χ1n) is 7.34. The van der Waals surface area contributed by atoms with Crippen molar-refractivity contribution in [3.05, 3.63) is 30.1 Å². The van der Waals surface area contributed by atoms with Crippen LogP contribution in [0.1, 0.15) is 20.3 Å². The number of carbonyl (C=O) groups excluding carboxylic acids is 1. The Balaban J connectivity index is 2.03. The minimum atomic E-state index is -3.70. The Bertz CT molecular complexity index is 638. The quantitative estimate of drug-likeness (QED) is 0.845. The summed E-state index contributed by atoms with van der Waals surface area (Å²) < 4.78 is 39.4. The van der Waals surface area contributed by atoms with Crippen LogP contribution in [0.2, 0.25) is 0 Å². The van der Waals surface area contributed by atoms with Crippen molar-refractivity contribution < 1.29 is 17.6 Å². The highest BCUT2D eigenvalue weighted by molar-refractivity contribution is 7.89. The number of hydrogen-bond acceptors (Lipinski definition) is 3. The SMILES string of the molecule is CC(C)CC(=O)N1CCN(S(=O)(=O)c2cccc(F)c2)CC1. The van der Waals surface area contributed by atoms with Gasteiger partial charge in [0.05, 0.1) is 4.90 Å². The van der Waals surface area contributed by atoms with E-state index in [2.05, 4.69) is 0 Å². The van der Waals surface area contributed by atoms with Crippen LogP contribution in [0.15, 0.2) is 29.2 Å². The Morgan fingerprint density at radius 3 is 2.41 bits per heavy atom. The summed E-state index contributed by atoms with van der Waals surface area (Å²) in [4.78, 5) is 13.6. The maximum atomic E-state index is 13.2. The molecule has 0 spiro atoms. The summed E-state index contributed by atoms with van der Waals surface area (Å²) in [6.07, 6.45) is 0.469. The first-order valence-corrected chi connectivity index (χ1v) is 8.78. The van der Waals surface area contributed by atoms with Gasteiger partial charge in [-0.15, -0.1) is 0 Å². The zero-order chi connectivity index (χ0) is 16.3. The summed E-state index contributed by atoms with van der Waals surface area (Å²) in [5, 5.41) is 0. The third kappa shape index (κ3) is 3.84. The molecule has 1 saturated heterocycles. The molecule has 1 aliphatic heterocycles. The maximum Gasteiger partial charge on any atom is 0.243 e. The van der Waals surface area contributed by atoms with E-state index >= 15 is 0 Å². The van der Waals surface area contributed by atoms with E-state index in [4.69, 9.17) is 0 Å². The third-order valence-corrected chi connectivity index (χ3v) is 5.50. The van der Waals surface area contributed by atoms with E-state index in [0.717, 1.165) is 6.07 Å². The number of carbonyl (C=O) groups is 1. The van der Waals surface area contributed by atoms with Gasteiger partial charge in [-0.25, -0.2) is 12.8 Å². The van der Waals surface area contributed by atoms with Crippen molar-refractivity contribution >= 4 is 15.9 Å². The standard InChI is InChI=1S/C15H21FN2O3S/c1-12(2)10-15(19)17-6-8-18(9-7-17)22(20,21)14-5-3-4-13(16)11-14/h3-5,11-12H,6-10H2,1-2H3. The minimum absolute atomic E-state index is 0.0468. The van der Waals surface area contributed by atoms with Crippen LogP contribution in [0.5, 0.6) is 0 Å². The van der Waals surface area contributed by atoms with Gasteiger partial charge in [-0.1, -0.05) is 19.9 Å². The van der Waals surface area contributed by atoms with E-state index in [-0.39, 0.29) is 29.8 Å². The van der Waals surface area contributed by atoms with E-state index in [1.54, 1.807) is 4.90 Å². The molecular weight excluding hydrogens is 307 g/mol. The van der Waals surface area contributed by atoms with Gasteiger partial charge in [-0.2, -0.15) is 4.31 Å². The van der Waals surface area contributed by atoms with Gasteiger partial charge < -0.3 is 4.90 Å². The van der Waals surface area contributed by atoms with E-state index in [9.17, 15) is 17.6 Å². The molecule has 22 heavy (non-hydrogen) atoms. The predicted octanol–water partition coefficient (Wildman–Crippen LogP) is 1.70. The highest BCUT2D eigenvalue weighted by atomic mass is 32.2. The highest BCUT2D eigenvalue weighted by Gasteiger charge is 2.30. The second-order valence-electron chi connectivity index (χ2n) is 5.84. The number of benzene rings is 1. The number of sulfonamides is 1. The lowest BCUT2D eigenvalue weighted by molar-refractivity contribution is -0.133. The van der Waals surface area contributed by atoms with Crippen LogP contribution in [0.4, 0.5) is 4.39 Å². The molecule has 0 saturated carbocycles. The van der Waals surface area contributed by atoms with E-state index in [0.29, 0.717) is 19.5 Å². The summed E-state index contributed by atoms with van der Waals surface area (Å²) >= 11 is 0. The van der Waals surface area contributed by atoms with E-state index in [1.165, 1.54) is 22.5 Å². The van der Waals surface area contributed by atoms with Crippen molar-refractivity contribution in [2.45, 2.75) is 25.2 Å². The van der Waals surface area contributed by atoms with Crippen molar-refractivity contribution in [1.29, 1.82) is 0 Å². The first kappa shape index (κ1) is 16.9. The van der Waals surface area contributed by atoms with Gasteiger partial charge in [0.2, 0.25) is 15.9 Å². The van der Waals surface area contributed by atoms with Crippen LogP contribution in [0.25, 0.3) is 0 Å². The summed E-state index contributed by atoms with van der Waals surface area (Å²) in [6, 6.07) is 4.99. The van der Waals surface area contributed by atoms with Crippen molar-refractivity contribution in [2.24, 2.45) is 5.92 Å². The molecule has 7 heteroatoms. The number of amides is 1. The summed E-state index contributed by atoms with van der Waals surface area (Å²) in [6.45, 7) is 5.18. The molecule has 1 aromatic rings. The largest absolute Gasteiger partial charge is 0.340 e. The molecule has 0 aromatic heterocycles. The van der Waals surface area contributed by atoms with Gasteiger partial charge in [-0.05, 0) is 24.1 Å². The smallest absolute Gasteiger partial charge is 0.243 e. The lowest BCUT2D eigenvalue weighted by Crippen LogP contribution is -2.50. The molecule has 0 bridgehead atoms. The van der Waals surface area contributed by atoms with Gasteiger partial charge >= 0.3 is 0 Å². The monoisotopic (exact) mass is 328 g/mol. The molecule has 1 fully saturated rings. The van der Waals surface area contributed by atoms with Gasteiger partial charge in [0.1, 0.15) is 5.82 Å². The van der Waals surface area contributed by atoms with Crippen molar-refractivity contribution in [3.63, 3.8) is 0 Å². The number of nitrogens with zero attached hydrogens (tertiary/aromatic N) is 2. The molecule has 2 rings (SSSR count). The summed E-state index contributed by atoms with van der Waals surface area (Å²) in [5.74, 6) is -0.244. The van der Waals surface area contributed by atoms with Crippen LogP contribution in [-0.2, 0) is 14.8 Å². The Hall–Kier alpha value is -1.47. The average molecular weight is 328 g/mol. The molecule has 1 heterocycles. The molecule has 0 unspecified atom stereocenters. The molecular formula is C15H21FN2O3S. The number of piperazine rings is 1.